The zero-order chi connectivity index (χ0) is 36.2. The number of nitrogens with zero attached hydrogens (tertiary/aromatic N) is 5. The Morgan fingerprint density at radius 1 is 0.941 bits per heavy atom. The van der Waals surface area contributed by atoms with E-state index in [1.165, 1.54) is 36.5 Å². The predicted octanol–water partition coefficient (Wildman–Crippen LogP) is 5.27. The van der Waals surface area contributed by atoms with Gasteiger partial charge in [0.2, 0.25) is 5.88 Å². The minimum atomic E-state index is -4.62. The van der Waals surface area contributed by atoms with Crippen molar-refractivity contribution in [3.63, 3.8) is 0 Å². The number of rotatable bonds is 11. The first kappa shape index (κ1) is 36.1. The van der Waals surface area contributed by atoms with Crippen molar-refractivity contribution in [1.29, 1.82) is 5.26 Å². The van der Waals surface area contributed by atoms with Crippen LogP contribution in [0.15, 0.2) is 65.7 Å². The predicted molar refractivity (Wildman–Crippen MR) is 192 cm³/mol. The van der Waals surface area contributed by atoms with Crippen molar-refractivity contribution in [2.45, 2.75) is 63.3 Å². The minimum absolute atomic E-state index is 0.00465. The lowest BCUT2D eigenvalue weighted by molar-refractivity contribution is -0.121. The van der Waals surface area contributed by atoms with Crippen molar-refractivity contribution in [3.05, 3.63) is 77.5 Å². The van der Waals surface area contributed by atoms with Crippen molar-refractivity contribution >= 4 is 27.6 Å². The average Bonchev–Trinajstić information content (AvgIpc) is 3.40. The molecular formula is C38H46N6O6S. The van der Waals surface area contributed by atoms with Crippen molar-refractivity contribution in [2.75, 3.05) is 50.2 Å². The van der Waals surface area contributed by atoms with Gasteiger partial charge in [0.15, 0.2) is 5.54 Å². The Hall–Kier alpha value is -4.67. The Kier molecular flexibility index (Phi) is 10.8. The Labute approximate surface area is 300 Å². The molecule has 6 rings (SSSR count). The molecule has 0 saturated carbocycles. The molecule has 2 saturated heterocycles. The Balaban J connectivity index is 1.40. The first-order valence-corrected chi connectivity index (χ1v) is 19.4. The first-order chi connectivity index (χ1) is 24.7. The number of pyridine rings is 1. The lowest BCUT2D eigenvalue weighted by Gasteiger charge is -2.41. The van der Waals surface area contributed by atoms with Crippen LogP contribution >= 0.6 is 0 Å². The van der Waals surface area contributed by atoms with E-state index in [0.29, 0.717) is 29.2 Å². The molecule has 51 heavy (non-hydrogen) atoms. The summed E-state index contributed by atoms with van der Waals surface area (Å²) < 4.78 is 41.5. The van der Waals surface area contributed by atoms with Crippen molar-refractivity contribution in [1.82, 2.24) is 20.1 Å². The monoisotopic (exact) mass is 714 g/mol. The Bertz CT molecular complexity index is 1900. The Morgan fingerprint density at radius 3 is 2.29 bits per heavy atom. The van der Waals surface area contributed by atoms with Crippen molar-refractivity contribution in [3.8, 4) is 17.7 Å². The number of anilines is 1. The number of sulfonamides is 1. The number of carbonyl (C=O) groups excluding carboxylic acids is 2. The fourth-order valence-corrected chi connectivity index (χ4v) is 9.49. The maximum atomic E-state index is 15.2. The number of piperidine rings is 2. The van der Waals surface area contributed by atoms with Crippen LogP contribution in [0.5, 0.6) is 11.6 Å². The molecule has 13 heteroatoms. The second-order valence-electron chi connectivity index (χ2n) is 13.3. The van der Waals surface area contributed by atoms with Gasteiger partial charge in [-0.05, 0) is 120 Å². The van der Waals surface area contributed by atoms with Gasteiger partial charge in [-0.3, -0.25) is 4.79 Å². The number of benzene rings is 2. The molecule has 0 radical (unpaired) electrons. The molecule has 1 unspecified atom stereocenters. The quantitative estimate of drug-likeness (QED) is 0.281. The van der Waals surface area contributed by atoms with Gasteiger partial charge in [0.1, 0.15) is 10.6 Å². The highest BCUT2D eigenvalue weighted by Crippen LogP contribution is 2.50. The number of urea groups is 1. The number of aromatic nitrogens is 1. The van der Waals surface area contributed by atoms with E-state index in [9.17, 15) is 18.5 Å². The largest absolute Gasteiger partial charge is 0.492 e. The average molecular weight is 715 g/mol. The number of ether oxygens (including phenoxy) is 2. The van der Waals surface area contributed by atoms with E-state index >= 15 is 4.79 Å². The number of carbonyl (C=O) groups is 2. The molecule has 0 spiro atoms. The molecule has 1 aromatic heterocycles. The summed E-state index contributed by atoms with van der Waals surface area (Å²) in [6.07, 6.45) is 6.65. The highest BCUT2D eigenvalue weighted by molar-refractivity contribution is 7.93. The second-order valence-corrected chi connectivity index (χ2v) is 15.0. The number of hydrogen-bond acceptors (Lipinski definition) is 9. The van der Waals surface area contributed by atoms with E-state index in [4.69, 9.17) is 9.47 Å². The third-order valence-electron chi connectivity index (χ3n) is 10.3. The summed E-state index contributed by atoms with van der Waals surface area (Å²) in [6, 6.07) is 15.2. The van der Waals surface area contributed by atoms with E-state index in [2.05, 4.69) is 28.2 Å². The van der Waals surface area contributed by atoms with Gasteiger partial charge in [0, 0.05) is 24.8 Å². The molecule has 3 amide bonds. The summed E-state index contributed by atoms with van der Waals surface area (Å²) in [5.41, 5.74) is -1.63. The summed E-state index contributed by atoms with van der Waals surface area (Å²) in [5.74, 6) is 0.316. The van der Waals surface area contributed by atoms with Crippen LogP contribution in [0.2, 0.25) is 0 Å². The first-order valence-electron chi connectivity index (χ1n) is 17.9. The summed E-state index contributed by atoms with van der Waals surface area (Å²) in [7, 11) is -4.62. The molecule has 2 aromatic carbocycles. The minimum Gasteiger partial charge on any atom is -0.492 e. The van der Waals surface area contributed by atoms with Gasteiger partial charge in [-0.25, -0.2) is 18.2 Å². The summed E-state index contributed by atoms with van der Waals surface area (Å²) in [6.45, 7) is 10.4. The van der Waals surface area contributed by atoms with Gasteiger partial charge in [-0.2, -0.15) is 9.57 Å². The highest BCUT2D eigenvalue weighted by Gasteiger charge is 2.59. The molecule has 0 bridgehead atoms. The SMILES string of the molecule is CCCN1CCC(C2CCN(C(=O)NC3(c4cccnc4OCC)C(=O)N(S(=O)(=O)c4ccccc4OCC)c4ccc(C#N)cc43)CC2)CC1. The molecule has 1 N–H and O–H groups in total. The molecular weight excluding hydrogens is 669 g/mol. The number of likely N-dealkylation sites (tertiary alicyclic amines) is 2. The van der Waals surface area contributed by atoms with Gasteiger partial charge in [0.25, 0.3) is 15.9 Å². The molecule has 1 atom stereocenters. The van der Waals surface area contributed by atoms with Crippen LogP contribution in [0.25, 0.3) is 0 Å². The van der Waals surface area contributed by atoms with Gasteiger partial charge in [-0.15, -0.1) is 0 Å². The maximum absolute atomic E-state index is 15.2. The summed E-state index contributed by atoms with van der Waals surface area (Å²) in [4.78, 5) is 38.0. The van der Waals surface area contributed by atoms with Crippen LogP contribution in [-0.2, 0) is 20.4 Å². The molecule has 2 fully saturated rings. The van der Waals surface area contributed by atoms with Crippen molar-refractivity contribution in [2.24, 2.45) is 11.8 Å². The fourth-order valence-electron chi connectivity index (χ4n) is 7.89. The molecule has 3 aliphatic rings. The number of hydrogen-bond donors (Lipinski definition) is 1. The van der Waals surface area contributed by atoms with E-state index < -0.39 is 27.5 Å². The zero-order valence-electron chi connectivity index (χ0n) is 29.5. The molecule has 12 nitrogen and oxygen atoms in total. The number of amides is 3. The van der Waals surface area contributed by atoms with E-state index in [1.54, 1.807) is 43.0 Å². The lowest BCUT2D eigenvalue weighted by Crippen LogP contribution is -2.58. The van der Waals surface area contributed by atoms with Crippen LogP contribution in [-0.4, -0.2) is 81.1 Å². The topological polar surface area (TPSA) is 145 Å². The molecule has 4 heterocycles. The van der Waals surface area contributed by atoms with Crippen LogP contribution in [0, 0.1) is 23.2 Å². The van der Waals surface area contributed by atoms with Gasteiger partial charge in [-0.1, -0.05) is 19.1 Å². The molecule has 3 aromatic rings. The number of fused-ring (bicyclic) bond motifs is 1. The third-order valence-corrected chi connectivity index (χ3v) is 12.1. The summed E-state index contributed by atoms with van der Waals surface area (Å²) in [5, 5.41) is 13.0. The van der Waals surface area contributed by atoms with E-state index in [0.717, 1.165) is 51.7 Å². The molecule has 0 aliphatic carbocycles. The van der Waals surface area contributed by atoms with E-state index in [1.807, 2.05) is 0 Å². The summed E-state index contributed by atoms with van der Waals surface area (Å²) >= 11 is 0. The maximum Gasteiger partial charge on any atom is 0.318 e. The molecule has 270 valence electrons. The number of nitrogens with one attached hydrogen (secondary N) is 1. The molecule has 3 aliphatic heterocycles. The second kappa shape index (κ2) is 15.3. The number of para-hydroxylation sites is 1. The van der Waals surface area contributed by atoms with Crippen LogP contribution < -0.4 is 19.1 Å². The third kappa shape index (κ3) is 6.74. The number of nitriles is 1. The van der Waals surface area contributed by atoms with Gasteiger partial charge in [0.05, 0.1) is 36.1 Å². The van der Waals surface area contributed by atoms with Crippen LogP contribution in [0.1, 0.15) is 69.6 Å². The smallest absolute Gasteiger partial charge is 0.318 e. The van der Waals surface area contributed by atoms with Crippen molar-refractivity contribution < 1.29 is 27.5 Å². The fraction of sp³-hybridized carbons (Fsp3) is 0.474. The standard InChI is InChI=1S/C38H46N6O6S/c1-4-20-42-21-15-28(16-22-42)29-17-23-43(24-18-29)37(46)41-38(30-10-9-19-40-35(30)50-6-3)31-25-27(26-39)13-14-32(31)44(36(38)45)51(47,48)34-12-8-7-11-33(34)49-5-2/h7-14,19,25,28-29H,4-6,15-18,20-24H2,1-3H3,(H,41,46). The highest BCUT2D eigenvalue weighted by atomic mass is 32.2. The van der Waals surface area contributed by atoms with Gasteiger partial charge < -0.3 is 24.6 Å². The van der Waals surface area contributed by atoms with Crippen LogP contribution in [0.3, 0.4) is 0 Å². The Morgan fingerprint density at radius 2 is 1.63 bits per heavy atom. The van der Waals surface area contributed by atoms with E-state index in [-0.39, 0.29) is 52.1 Å². The van der Waals surface area contributed by atoms with Gasteiger partial charge >= 0.3 is 6.03 Å². The zero-order valence-corrected chi connectivity index (χ0v) is 30.3. The normalized spacial score (nSPS) is 20.2. The van der Waals surface area contributed by atoms with Crippen LogP contribution in [0.4, 0.5) is 10.5 Å². The lowest BCUT2D eigenvalue weighted by atomic mass is 9.78.